The Morgan fingerprint density at radius 2 is 1.28 bits per heavy atom. The molecule has 0 radical (unpaired) electrons. The van der Waals surface area contributed by atoms with Crippen LogP contribution >= 0.6 is 0 Å². The van der Waals surface area contributed by atoms with Gasteiger partial charge in [0, 0.05) is 11.8 Å². The largest absolute Gasteiger partial charge is 0.508 e. The van der Waals surface area contributed by atoms with E-state index >= 15 is 0 Å². The number of rotatable bonds is 20. The van der Waals surface area contributed by atoms with Crippen molar-refractivity contribution in [3.05, 3.63) is 65.7 Å². The number of carbonyl (C=O) groups excluding carboxylic acids is 1. The highest BCUT2D eigenvalue weighted by Crippen LogP contribution is 2.17. The van der Waals surface area contributed by atoms with E-state index in [0.717, 1.165) is 17.7 Å². The van der Waals surface area contributed by atoms with E-state index in [-0.39, 0.29) is 11.7 Å². The molecule has 2 aromatic carbocycles. The lowest BCUT2D eigenvalue weighted by Crippen LogP contribution is -2.07. The fourth-order valence-corrected chi connectivity index (χ4v) is 4.67. The van der Waals surface area contributed by atoms with Crippen LogP contribution in [0.3, 0.4) is 0 Å². The molecule has 0 aliphatic carbocycles. The minimum atomic E-state index is -0.169. The third-order valence-electron chi connectivity index (χ3n) is 6.81. The number of amides is 1. The summed E-state index contributed by atoms with van der Waals surface area (Å²) in [5.41, 5.74) is 2.90. The van der Waals surface area contributed by atoms with Crippen LogP contribution in [-0.2, 0) is 11.2 Å². The topological polar surface area (TPSA) is 49.3 Å². The molecule has 0 aromatic heterocycles. The fourth-order valence-electron chi connectivity index (χ4n) is 4.67. The maximum Gasteiger partial charge on any atom is 0.248 e. The highest BCUT2D eigenvalue weighted by Gasteiger charge is 2.01. The average Bonchev–Trinajstić information content (AvgIpc) is 2.87. The number of anilines is 1. The molecule has 2 N–H and O–H groups in total. The Morgan fingerprint density at radius 1 is 0.722 bits per heavy atom. The normalized spacial score (nSPS) is 11.2. The highest BCUT2D eigenvalue weighted by atomic mass is 16.3. The number of aromatic hydroxyl groups is 1. The first-order chi connectivity index (χ1) is 17.7. The number of hydrogen-bond donors (Lipinski definition) is 2. The minimum absolute atomic E-state index is 0.169. The maximum atomic E-state index is 12.2. The van der Waals surface area contributed by atoms with Crippen molar-refractivity contribution in [1.82, 2.24) is 0 Å². The minimum Gasteiger partial charge on any atom is -0.508 e. The van der Waals surface area contributed by atoms with E-state index < -0.39 is 0 Å². The number of nitrogens with one attached hydrogen (secondary N) is 1. The van der Waals surface area contributed by atoms with Crippen molar-refractivity contribution < 1.29 is 9.90 Å². The van der Waals surface area contributed by atoms with Crippen LogP contribution in [0.25, 0.3) is 6.08 Å². The summed E-state index contributed by atoms with van der Waals surface area (Å²) in [7, 11) is 0. The maximum absolute atomic E-state index is 12.2. The zero-order valence-corrected chi connectivity index (χ0v) is 22.6. The molecule has 0 bridgehead atoms. The van der Waals surface area contributed by atoms with Crippen molar-refractivity contribution in [3.8, 4) is 5.75 Å². The van der Waals surface area contributed by atoms with Crippen LogP contribution in [0.15, 0.2) is 54.6 Å². The standard InChI is InChI=1S/C33H49NO2/c1-2-3-4-5-6-7-8-9-10-11-12-13-14-15-16-17-20-29-21-18-23-31(27-29)34-33(36)26-25-30-22-19-24-32(35)28-30/h18-19,21-28,35H,2-17,20H2,1H3,(H,34,36)/b26-25+. The van der Waals surface area contributed by atoms with E-state index in [1.54, 1.807) is 24.3 Å². The Balaban J connectivity index is 1.47. The Morgan fingerprint density at radius 3 is 1.86 bits per heavy atom. The monoisotopic (exact) mass is 491 g/mol. The summed E-state index contributed by atoms with van der Waals surface area (Å²) in [4.78, 5) is 12.2. The molecule has 1 amide bonds. The summed E-state index contributed by atoms with van der Waals surface area (Å²) >= 11 is 0. The summed E-state index contributed by atoms with van der Waals surface area (Å²) in [5, 5.41) is 12.5. The molecule has 0 saturated carbocycles. The van der Waals surface area contributed by atoms with E-state index in [1.165, 1.54) is 114 Å². The van der Waals surface area contributed by atoms with E-state index in [4.69, 9.17) is 0 Å². The first kappa shape index (κ1) is 29.7. The Hall–Kier alpha value is -2.55. The molecule has 0 unspecified atom stereocenters. The van der Waals surface area contributed by atoms with Crippen LogP contribution in [0.2, 0.25) is 0 Å². The van der Waals surface area contributed by atoms with E-state index in [9.17, 15) is 9.90 Å². The second-order valence-corrected chi connectivity index (χ2v) is 10.2. The molecular formula is C33H49NO2. The molecule has 0 atom stereocenters. The molecule has 36 heavy (non-hydrogen) atoms. The lowest BCUT2D eigenvalue weighted by Gasteiger charge is -2.07. The molecule has 198 valence electrons. The molecule has 3 heteroatoms. The summed E-state index contributed by atoms with van der Waals surface area (Å²) in [6.07, 6.45) is 26.4. The van der Waals surface area contributed by atoms with Gasteiger partial charge in [-0.15, -0.1) is 0 Å². The highest BCUT2D eigenvalue weighted by molar-refractivity contribution is 6.01. The van der Waals surface area contributed by atoms with Gasteiger partial charge in [0.05, 0.1) is 0 Å². The second kappa shape index (κ2) is 19.6. The SMILES string of the molecule is CCCCCCCCCCCCCCCCCCc1cccc(NC(=O)/C=C/c2cccc(O)c2)c1. The van der Waals surface area contributed by atoms with Gasteiger partial charge in [-0.2, -0.15) is 0 Å². The number of phenols is 1. The van der Waals surface area contributed by atoms with Gasteiger partial charge in [0.2, 0.25) is 5.91 Å². The van der Waals surface area contributed by atoms with Crippen LogP contribution in [-0.4, -0.2) is 11.0 Å². The van der Waals surface area contributed by atoms with Crippen molar-refractivity contribution in [1.29, 1.82) is 0 Å². The van der Waals surface area contributed by atoms with Gasteiger partial charge in [0.25, 0.3) is 0 Å². The van der Waals surface area contributed by atoms with Crippen molar-refractivity contribution in [2.24, 2.45) is 0 Å². The average molecular weight is 492 g/mol. The Kier molecular flexibility index (Phi) is 16.2. The molecule has 0 saturated heterocycles. The summed E-state index contributed by atoms with van der Waals surface area (Å²) in [6.45, 7) is 2.28. The van der Waals surface area contributed by atoms with Crippen molar-refractivity contribution >= 4 is 17.7 Å². The molecule has 2 aromatic rings. The van der Waals surface area contributed by atoms with Gasteiger partial charge >= 0.3 is 0 Å². The quantitative estimate of drug-likeness (QED) is 0.143. The van der Waals surface area contributed by atoms with Gasteiger partial charge in [-0.05, 0) is 54.3 Å². The van der Waals surface area contributed by atoms with Crippen molar-refractivity contribution in [3.63, 3.8) is 0 Å². The molecular weight excluding hydrogens is 442 g/mol. The van der Waals surface area contributed by atoms with Crippen LogP contribution < -0.4 is 5.32 Å². The number of unbranched alkanes of at least 4 members (excludes halogenated alkanes) is 15. The third-order valence-corrected chi connectivity index (χ3v) is 6.81. The zero-order chi connectivity index (χ0) is 25.7. The summed E-state index contributed by atoms with van der Waals surface area (Å²) < 4.78 is 0. The predicted molar refractivity (Wildman–Crippen MR) is 155 cm³/mol. The molecule has 0 aliphatic heterocycles. The third kappa shape index (κ3) is 14.8. The Bertz CT molecular complexity index is 873. The summed E-state index contributed by atoms with van der Waals surface area (Å²) in [5.74, 6) is 0.0252. The molecule has 0 fully saturated rings. The van der Waals surface area contributed by atoms with Gasteiger partial charge in [-0.3, -0.25) is 4.79 Å². The van der Waals surface area contributed by atoms with Gasteiger partial charge in [0.1, 0.15) is 5.75 Å². The number of hydrogen-bond acceptors (Lipinski definition) is 2. The van der Waals surface area contributed by atoms with E-state index in [0.29, 0.717) is 0 Å². The smallest absolute Gasteiger partial charge is 0.248 e. The predicted octanol–water partition coefficient (Wildman–Crippen LogP) is 9.85. The summed E-state index contributed by atoms with van der Waals surface area (Å²) in [6, 6.07) is 15.0. The molecule has 3 nitrogen and oxygen atoms in total. The zero-order valence-electron chi connectivity index (χ0n) is 22.6. The lowest BCUT2D eigenvalue weighted by molar-refractivity contribution is -0.111. The number of phenolic OH excluding ortho intramolecular Hbond substituents is 1. The lowest BCUT2D eigenvalue weighted by atomic mass is 10.0. The first-order valence-corrected chi connectivity index (χ1v) is 14.5. The van der Waals surface area contributed by atoms with Gasteiger partial charge < -0.3 is 10.4 Å². The number of benzene rings is 2. The van der Waals surface area contributed by atoms with Crippen molar-refractivity contribution in [2.75, 3.05) is 5.32 Å². The number of carbonyl (C=O) groups is 1. The van der Waals surface area contributed by atoms with Gasteiger partial charge in [0.15, 0.2) is 0 Å². The van der Waals surface area contributed by atoms with Gasteiger partial charge in [-0.25, -0.2) is 0 Å². The number of aryl methyl sites for hydroxylation is 1. The van der Waals surface area contributed by atoms with Crippen LogP contribution in [0.4, 0.5) is 5.69 Å². The van der Waals surface area contributed by atoms with E-state index in [2.05, 4.69) is 24.4 Å². The Labute approximate surface area is 220 Å². The molecule has 0 aliphatic rings. The van der Waals surface area contributed by atoms with E-state index in [1.807, 2.05) is 18.2 Å². The first-order valence-electron chi connectivity index (χ1n) is 14.5. The second-order valence-electron chi connectivity index (χ2n) is 10.2. The van der Waals surface area contributed by atoms with Crippen LogP contribution in [0, 0.1) is 0 Å². The van der Waals surface area contributed by atoms with Crippen LogP contribution in [0.1, 0.15) is 121 Å². The fraction of sp³-hybridized carbons (Fsp3) is 0.545. The van der Waals surface area contributed by atoms with Crippen molar-refractivity contribution in [2.45, 2.75) is 116 Å². The molecule has 0 heterocycles. The van der Waals surface area contributed by atoms with Crippen LogP contribution in [0.5, 0.6) is 5.75 Å². The molecule has 0 spiro atoms. The van der Waals surface area contributed by atoms with Gasteiger partial charge in [-0.1, -0.05) is 128 Å². The molecule has 2 rings (SSSR count).